The molecule has 26 heavy (non-hydrogen) atoms. The molecule has 3 rings (SSSR count). The van der Waals surface area contributed by atoms with Gasteiger partial charge in [0.05, 0.1) is 6.20 Å². The number of nitrogens with one attached hydrogen (secondary N) is 1. The summed E-state index contributed by atoms with van der Waals surface area (Å²) in [6, 6.07) is 12.1. The number of aryl methyl sites for hydroxylation is 1. The molecule has 0 atom stereocenters. The Morgan fingerprint density at radius 3 is 2.65 bits per heavy atom. The molecule has 0 radical (unpaired) electrons. The fourth-order valence-corrected chi connectivity index (χ4v) is 2.60. The Morgan fingerprint density at radius 1 is 1.15 bits per heavy atom. The third-order valence-electron chi connectivity index (χ3n) is 4.19. The highest BCUT2D eigenvalue weighted by Crippen LogP contribution is 2.23. The van der Waals surface area contributed by atoms with Crippen molar-refractivity contribution in [3.8, 4) is 11.3 Å². The highest BCUT2D eigenvalue weighted by atomic mass is 16.4. The van der Waals surface area contributed by atoms with Gasteiger partial charge in [-0.1, -0.05) is 44.2 Å². The molecule has 0 unspecified atom stereocenters. The molecule has 1 aromatic carbocycles. The topological polar surface area (TPSA) is 68.0 Å². The van der Waals surface area contributed by atoms with Gasteiger partial charge < -0.3 is 9.73 Å². The van der Waals surface area contributed by atoms with Gasteiger partial charge in [0, 0.05) is 37.3 Å². The zero-order valence-electron chi connectivity index (χ0n) is 15.1. The third-order valence-corrected chi connectivity index (χ3v) is 4.19. The average Bonchev–Trinajstić information content (AvgIpc) is 3.14. The lowest BCUT2D eigenvalue weighted by molar-refractivity contribution is -0.121. The molecular formula is C21H23N3O2. The van der Waals surface area contributed by atoms with E-state index in [0.29, 0.717) is 31.2 Å². The number of amides is 1. The lowest BCUT2D eigenvalue weighted by Crippen LogP contribution is -2.23. The Hall–Kier alpha value is -2.95. The first-order valence-electron chi connectivity index (χ1n) is 8.82. The van der Waals surface area contributed by atoms with E-state index in [4.69, 9.17) is 4.42 Å². The highest BCUT2D eigenvalue weighted by Gasteiger charge is 2.09. The SMILES string of the molecule is CC(C)c1ccc(-c2cnc(CCC(=O)NCc3cccnc3)o2)cc1. The Bertz CT molecular complexity index is 839. The van der Waals surface area contributed by atoms with Crippen LogP contribution in [0.1, 0.15) is 43.2 Å². The van der Waals surface area contributed by atoms with Gasteiger partial charge in [-0.05, 0) is 23.1 Å². The predicted molar refractivity (Wildman–Crippen MR) is 100 cm³/mol. The molecule has 0 saturated carbocycles. The number of nitrogens with zero attached hydrogens (tertiary/aromatic N) is 2. The first kappa shape index (κ1) is 17.9. The van der Waals surface area contributed by atoms with Crippen molar-refractivity contribution in [2.45, 2.75) is 39.2 Å². The summed E-state index contributed by atoms with van der Waals surface area (Å²) in [6.45, 7) is 4.81. The van der Waals surface area contributed by atoms with E-state index in [1.54, 1.807) is 18.6 Å². The van der Waals surface area contributed by atoms with E-state index < -0.39 is 0 Å². The van der Waals surface area contributed by atoms with Crippen LogP contribution in [0.2, 0.25) is 0 Å². The number of rotatable bonds is 7. The Kier molecular flexibility index (Phi) is 5.79. The lowest BCUT2D eigenvalue weighted by Gasteiger charge is -2.05. The van der Waals surface area contributed by atoms with Crippen LogP contribution in [-0.4, -0.2) is 15.9 Å². The first-order valence-corrected chi connectivity index (χ1v) is 8.82. The van der Waals surface area contributed by atoms with Crippen LogP contribution in [0.25, 0.3) is 11.3 Å². The lowest BCUT2D eigenvalue weighted by atomic mass is 10.0. The summed E-state index contributed by atoms with van der Waals surface area (Å²) in [5.74, 6) is 1.77. The van der Waals surface area contributed by atoms with Gasteiger partial charge in [-0.3, -0.25) is 9.78 Å². The van der Waals surface area contributed by atoms with Crippen LogP contribution in [0.4, 0.5) is 0 Å². The summed E-state index contributed by atoms with van der Waals surface area (Å²) >= 11 is 0. The van der Waals surface area contributed by atoms with Crippen molar-refractivity contribution in [2.24, 2.45) is 0 Å². The van der Waals surface area contributed by atoms with Crippen LogP contribution in [0.15, 0.2) is 59.4 Å². The number of carbonyl (C=O) groups is 1. The molecule has 0 aliphatic heterocycles. The fraction of sp³-hybridized carbons (Fsp3) is 0.286. The maximum atomic E-state index is 12.0. The number of aromatic nitrogens is 2. The number of hydrogen-bond acceptors (Lipinski definition) is 4. The molecule has 2 heterocycles. The van der Waals surface area contributed by atoms with Gasteiger partial charge in [0.2, 0.25) is 5.91 Å². The molecule has 0 saturated heterocycles. The number of oxazole rings is 1. The van der Waals surface area contributed by atoms with Crippen LogP contribution in [0.3, 0.4) is 0 Å². The molecule has 0 bridgehead atoms. The molecule has 5 nitrogen and oxygen atoms in total. The fourth-order valence-electron chi connectivity index (χ4n) is 2.60. The minimum absolute atomic E-state index is 0.0325. The maximum absolute atomic E-state index is 12.0. The number of pyridine rings is 1. The van der Waals surface area contributed by atoms with Gasteiger partial charge in [0.1, 0.15) is 0 Å². The highest BCUT2D eigenvalue weighted by molar-refractivity contribution is 5.76. The number of hydrogen-bond donors (Lipinski definition) is 1. The van der Waals surface area contributed by atoms with Crippen molar-refractivity contribution in [1.29, 1.82) is 0 Å². The van der Waals surface area contributed by atoms with E-state index in [2.05, 4.69) is 41.3 Å². The molecule has 3 aromatic rings. The van der Waals surface area contributed by atoms with E-state index in [1.165, 1.54) is 5.56 Å². The van der Waals surface area contributed by atoms with Crippen molar-refractivity contribution in [3.05, 3.63) is 72.0 Å². The standard InChI is InChI=1S/C21H23N3O2/c1-15(2)17-5-7-18(8-6-17)19-14-24-21(26-19)10-9-20(25)23-13-16-4-3-11-22-12-16/h3-8,11-12,14-15H,9-10,13H2,1-2H3,(H,23,25). The summed E-state index contributed by atoms with van der Waals surface area (Å²) in [5, 5.41) is 2.88. The van der Waals surface area contributed by atoms with Crippen molar-refractivity contribution in [1.82, 2.24) is 15.3 Å². The number of carbonyl (C=O) groups excluding carboxylic acids is 1. The molecule has 0 spiro atoms. The zero-order valence-corrected chi connectivity index (χ0v) is 15.1. The molecule has 5 heteroatoms. The van der Waals surface area contributed by atoms with Crippen LogP contribution in [0.5, 0.6) is 0 Å². The largest absolute Gasteiger partial charge is 0.441 e. The van der Waals surface area contributed by atoms with Gasteiger partial charge >= 0.3 is 0 Å². The van der Waals surface area contributed by atoms with Gasteiger partial charge in [-0.2, -0.15) is 0 Å². The second-order valence-electron chi connectivity index (χ2n) is 6.53. The van der Waals surface area contributed by atoms with Crippen molar-refractivity contribution in [2.75, 3.05) is 0 Å². The smallest absolute Gasteiger partial charge is 0.220 e. The van der Waals surface area contributed by atoms with Crippen molar-refractivity contribution >= 4 is 5.91 Å². The van der Waals surface area contributed by atoms with Crippen molar-refractivity contribution < 1.29 is 9.21 Å². The minimum Gasteiger partial charge on any atom is -0.441 e. The molecule has 1 amide bonds. The monoisotopic (exact) mass is 349 g/mol. The third kappa shape index (κ3) is 4.79. The van der Waals surface area contributed by atoms with Gasteiger partial charge in [-0.15, -0.1) is 0 Å². The van der Waals surface area contributed by atoms with Gasteiger partial charge in [0.15, 0.2) is 11.7 Å². The molecule has 0 fully saturated rings. The quantitative estimate of drug-likeness (QED) is 0.697. The predicted octanol–water partition coefficient (Wildman–Crippen LogP) is 4.11. The van der Waals surface area contributed by atoms with Crippen LogP contribution >= 0.6 is 0 Å². The summed E-state index contributed by atoms with van der Waals surface area (Å²) in [7, 11) is 0. The maximum Gasteiger partial charge on any atom is 0.220 e. The second-order valence-corrected chi connectivity index (χ2v) is 6.53. The molecular weight excluding hydrogens is 326 g/mol. The van der Waals surface area contributed by atoms with Crippen LogP contribution in [-0.2, 0) is 17.8 Å². The van der Waals surface area contributed by atoms with E-state index in [-0.39, 0.29) is 5.91 Å². The average molecular weight is 349 g/mol. The Balaban J connectivity index is 1.51. The van der Waals surface area contributed by atoms with E-state index in [0.717, 1.165) is 16.9 Å². The van der Waals surface area contributed by atoms with Gasteiger partial charge in [0.25, 0.3) is 0 Å². The van der Waals surface area contributed by atoms with Crippen molar-refractivity contribution in [3.63, 3.8) is 0 Å². The van der Waals surface area contributed by atoms with E-state index >= 15 is 0 Å². The molecule has 0 aliphatic carbocycles. The van der Waals surface area contributed by atoms with E-state index in [9.17, 15) is 4.79 Å². The molecule has 1 N–H and O–H groups in total. The Labute approximate surface area is 153 Å². The summed E-state index contributed by atoms with van der Waals surface area (Å²) < 4.78 is 5.78. The molecule has 134 valence electrons. The summed E-state index contributed by atoms with van der Waals surface area (Å²) in [4.78, 5) is 20.3. The second kappa shape index (κ2) is 8.43. The summed E-state index contributed by atoms with van der Waals surface area (Å²) in [6.07, 6.45) is 5.98. The number of benzene rings is 1. The summed E-state index contributed by atoms with van der Waals surface area (Å²) in [5.41, 5.74) is 3.26. The minimum atomic E-state index is -0.0325. The zero-order chi connectivity index (χ0) is 18.4. The van der Waals surface area contributed by atoms with E-state index in [1.807, 2.05) is 24.3 Å². The molecule has 0 aliphatic rings. The van der Waals surface area contributed by atoms with Gasteiger partial charge in [-0.25, -0.2) is 4.98 Å². The Morgan fingerprint density at radius 2 is 1.96 bits per heavy atom. The normalized spacial score (nSPS) is 10.9. The van der Waals surface area contributed by atoms with Crippen LogP contribution < -0.4 is 5.32 Å². The van der Waals surface area contributed by atoms with Crippen LogP contribution in [0, 0.1) is 0 Å². The first-order chi connectivity index (χ1) is 12.6. The molecule has 2 aromatic heterocycles.